The van der Waals surface area contributed by atoms with Crippen molar-refractivity contribution in [2.24, 2.45) is 0 Å². The zero-order valence-electron chi connectivity index (χ0n) is 14.1. The van der Waals surface area contributed by atoms with Gasteiger partial charge in [-0.15, -0.1) is 0 Å². The Balaban J connectivity index is 1.71. The first-order chi connectivity index (χ1) is 12.0. The number of nitrogens with one attached hydrogen (secondary N) is 1. The molecule has 1 aromatic heterocycles. The Morgan fingerprint density at radius 3 is 2.72 bits per heavy atom. The average molecular weight is 383 g/mol. The predicted molar refractivity (Wildman–Crippen MR) is 102 cm³/mol. The number of nitrogens with zero attached hydrogens (tertiary/aromatic N) is 1. The third kappa shape index (κ3) is 4.65. The summed E-state index contributed by atoms with van der Waals surface area (Å²) in [6, 6.07) is 10.4. The lowest BCUT2D eigenvalue weighted by molar-refractivity contribution is 0.374. The van der Waals surface area contributed by atoms with Crippen LogP contribution in [0.5, 0.6) is 5.88 Å². The van der Waals surface area contributed by atoms with Crippen LogP contribution < -0.4 is 9.50 Å². The zero-order valence-corrected chi connectivity index (χ0v) is 15.7. The number of rotatable bonds is 6. The van der Waals surface area contributed by atoms with Crippen LogP contribution in [0, 0.1) is 0 Å². The summed E-state index contributed by atoms with van der Waals surface area (Å²) < 4.78 is 26.0. The van der Waals surface area contributed by atoms with Gasteiger partial charge >= 0.3 is 0 Å². The molecule has 1 aliphatic carbocycles. The van der Waals surface area contributed by atoms with Gasteiger partial charge in [0.2, 0.25) is 5.88 Å². The van der Waals surface area contributed by atoms with Crippen LogP contribution in [0.2, 0.25) is 5.02 Å². The second-order valence-corrected chi connectivity index (χ2v) is 8.25. The van der Waals surface area contributed by atoms with Gasteiger partial charge in [0.15, 0.2) is 10.9 Å². The van der Waals surface area contributed by atoms with Crippen LogP contribution in [-0.2, 0) is 12.8 Å². The molecule has 0 spiro atoms. The minimum atomic E-state index is -3.41. The number of benzene rings is 1. The Morgan fingerprint density at radius 1 is 1.24 bits per heavy atom. The van der Waals surface area contributed by atoms with Crippen LogP contribution in [0.25, 0.3) is 0 Å². The van der Waals surface area contributed by atoms with Gasteiger partial charge < -0.3 is 9.50 Å². The standard InChI is InChI=1S/C18H23ClN2O3S/c1-2-11-20-15-6-9-17-13(12-15)3-10-18(21-17)24-25(22,23)16-7-4-14(19)5-8-16/h3-5,7-8,10,15,20,22-23H,2,6,9,11-12H2,1H3. The van der Waals surface area contributed by atoms with Gasteiger partial charge in [0.1, 0.15) is 0 Å². The van der Waals surface area contributed by atoms with Crippen molar-refractivity contribution in [3.8, 4) is 5.88 Å². The van der Waals surface area contributed by atoms with Gasteiger partial charge in [0.05, 0.1) is 4.90 Å². The normalized spacial score (nSPS) is 17.8. The summed E-state index contributed by atoms with van der Waals surface area (Å²) in [5.74, 6) is 0.230. The monoisotopic (exact) mass is 382 g/mol. The maximum atomic E-state index is 10.3. The molecule has 1 aromatic carbocycles. The molecule has 0 radical (unpaired) electrons. The van der Waals surface area contributed by atoms with Crippen molar-refractivity contribution in [2.75, 3.05) is 6.54 Å². The molecule has 3 N–H and O–H groups in total. The first-order valence-electron chi connectivity index (χ1n) is 8.43. The van der Waals surface area contributed by atoms with E-state index in [4.69, 9.17) is 15.8 Å². The lowest BCUT2D eigenvalue weighted by Crippen LogP contribution is -2.35. The highest BCUT2D eigenvalue weighted by atomic mass is 35.5. The van der Waals surface area contributed by atoms with Crippen LogP contribution in [0.4, 0.5) is 0 Å². The average Bonchev–Trinajstić information content (AvgIpc) is 2.60. The van der Waals surface area contributed by atoms with E-state index >= 15 is 0 Å². The largest absolute Gasteiger partial charge is 0.379 e. The van der Waals surface area contributed by atoms with Crippen molar-refractivity contribution >= 4 is 22.5 Å². The van der Waals surface area contributed by atoms with E-state index in [0.717, 1.165) is 37.9 Å². The second-order valence-electron chi connectivity index (χ2n) is 6.18. The Labute approximate surface area is 154 Å². The van der Waals surface area contributed by atoms with Crippen molar-refractivity contribution in [1.29, 1.82) is 0 Å². The number of aromatic nitrogens is 1. The number of pyridine rings is 1. The Kier molecular flexibility index (Phi) is 5.86. The molecule has 1 heterocycles. The minimum Gasteiger partial charge on any atom is -0.379 e. The molecule has 7 heteroatoms. The van der Waals surface area contributed by atoms with Gasteiger partial charge in [-0.05, 0) is 62.1 Å². The van der Waals surface area contributed by atoms with Crippen molar-refractivity contribution in [1.82, 2.24) is 10.3 Å². The van der Waals surface area contributed by atoms with Gasteiger partial charge in [-0.2, -0.15) is 0 Å². The summed E-state index contributed by atoms with van der Waals surface area (Å²) in [6.45, 7) is 3.19. The predicted octanol–water partition coefficient (Wildman–Crippen LogP) is 4.70. The molecule has 3 rings (SSSR count). The lowest BCUT2D eigenvalue weighted by atomic mass is 9.92. The number of aryl methyl sites for hydroxylation is 1. The Morgan fingerprint density at radius 2 is 2.00 bits per heavy atom. The highest BCUT2D eigenvalue weighted by Gasteiger charge is 2.25. The lowest BCUT2D eigenvalue weighted by Gasteiger charge is -2.28. The van der Waals surface area contributed by atoms with Gasteiger partial charge in [0, 0.05) is 22.8 Å². The van der Waals surface area contributed by atoms with E-state index in [0.29, 0.717) is 11.1 Å². The van der Waals surface area contributed by atoms with Crippen LogP contribution >= 0.6 is 22.5 Å². The topological polar surface area (TPSA) is 74.6 Å². The fourth-order valence-electron chi connectivity index (χ4n) is 2.94. The molecular weight excluding hydrogens is 360 g/mol. The first kappa shape index (κ1) is 18.5. The first-order valence-corrected chi connectivity index (χ1v) is 10.3. The molecule has 5 nitrogen and oxygen atoms in total. The summed E-state index contributed by atoms with van der Waals surface area (Å²) in [6.07, 6.45) is 3.94. The Bertz CT molecular complexity index is 725. The van der Waals surface area contributed by atoms with Crippen LogP contribution in [0.15, 0.2) is 41.3 Å². The minimum absolute atomic E-state index is 0.230. The summed E-state index contributed by atoms with van der Waals surface area (Å²) in [4.78, 5) is 4.76. The van der Waals surface area contributed by atoms with Crippen LogP contribution in [0.3, 0.4) is 0 Å². The van der Waals surface area contributed by atoms with E-state index in [2.05, 4.69) is 17.2 Å². The maximum absolute atomic E-state index is 10.3. The van der Waals surface area contributed by atoms with E-state index < -0.39 is 10.9 Å². The maximum Gasteiger partial charge on any atom is 0.231 e. The Hall–Kier alpha value is -1.31. The number of fused-ring (bicyclic) bond motifs is 1. The zero-order chi connectivity index (χ0) is 17.9. The van der Waals surface area contributed by atoms with E-state index in [1.807, 2.05) is 6.07 Å². The van der Waals surface area contributed by atoms with Crippen molar-refractivity contribution < 1.29 is 13.3 Å². The molecule has 136 valence electrons. The van der Waals surface area contributed by atoms with E-state index in [1.165, 1.54) is 5.56 Å². The van der Waals surface area contributed by atoms with E-state index in [-0.39, 0.29) is 10.8 Å². The summed E-state index contributed by atoms with van der Waals surface area (Å²) >= 11 is 5.83. The highest BCUT2D eigenvalue weighted by Crippen LogP contribution is 2.49. The molecule has 0 aliphatic heterocycles. The molecule has 0 saturated carbocycles. The van der Waals surface area contributed by atoms with Crippen LogP contribution in [0.1, 0.15) is 31.0 Å². The van der Waals surface area contributed by atoms with Gasteiger partial charge in [0.25, 0.3) is 0 Å². The molecule has 1 unspecified atom stereocenters. The molecule has 0 bridgehead atoms. The molecule has 0 fully saturated rings. The SMILES string of the molecule is CCCNC1CCc2nc(OS(O)(O)c3ccc(Cl)cc3)ccc2C1. The van der Waals surface area contributed by atoms with Gasteiger partial charge in [-0.3, -0.25) is 9.11 Å². The molecule has 1 atom stereocenters. The molecule has 0 amide bonds. The number of halogens is 1. The van der Waals surface area contributed by atoms with Crippen molar-refractivity contribution in [3.05, 3.63) is 52.7 Å². The smallest absolute Gasteiger partial charge is 0.231 e. The fourth-order valence-corrected chi connectivity index (χ4v) is 3.98. The van der Waals surface area contributed by atoms with Crippen LogP contribution in [-0.4, -0.2) is 26.7 Å². The summed E-state index contributed by atoms with van der Waals surface area (Å²) in [7, 11) is -3.41. The van der Waals surface area contributed by atoms with Crippen molar-refractivity contribution in [3.63, 3.8) is 0 Å². The third-order valence-electron chi connectivity index (χ3n) is 4.24. The molecule has 25 heavy (non-hydrogen) atoms. The molecule has 1 aliphatic rings. The summed E-state index contributed by atoms with van der Waals surface area (Å²) in [5.41, 5.74) is 2.16. The summed E-state index contributed by atoms with van der Waals surface area (Å²) in [5, 5.41) is 4.07. The molecule has 2 aromatic rings. The number of hydrogen-bond acceptors (Lipinski definition) is 5. The van der Waals surface area contributed by atoms with E-state index in [9.17, 15) is 9.11 Å². The molecule has 0 saturated heterocycles. The highest BCUT2D eigenvalue weighted by molar-refractivity contribution is 8.20. The number of hydrogen-bond donors (Lipinski definition) is 3. The van der Waals surface area contributed by atoms with Crippen molar-refractivity contribution in [2.45, 2.75) is 43.5 Å². The fraction of sp³-hybridized carbons (Fsp3) is 0.389. The third-order valence-corrected chi connectivity index (χ3v) is 5.79. The quantitative estimate of drug-likeness (QED) is 0.675. The van der Waals surface area contributed by atoms with Gasteiger partial charge in [-0.25, -0.2) is 4.98 Å². The van der Waals surface area contributed by atoms with Gasteiger partial charge in [-0.1, -0.05) is 24.6 Å². The second kappa shape index (κ2) is 7.93. The molecular formula is C18H23ClN2O3S. The van der Waals surface area contributed by atoms with E-state index in [1.54, 1.807) is 30.3 Å².